The van der Waals surface area contributed by atoms with Gasteiger partial charge in [0.05, 0.1) is 5.56 Å². The molecule has 0 radical (unpaired) electrons. The van der Waals surface area contributed by atoms with Crippen LogP contribution in [0.4, 0.5) is 5.69 Å². The first-order valence-corrected chi connectivity index (χ1v) is 6.62. The van der Waals surface area contributed by atoms with Gasteiger partial charge in [0.1, 0.15) is 0 Å². The van der Waals surface area contributed by atoms with Crippen LogP contribution >= 0.6 is 0 Å². The van der Waals surface area contributed by atoms with Gasteiger partial charge in [-0.3, -0.25) is 0 Å². The van der Waals surface area contributed by atoms with Crippen LogP contribution in [0.1, 0.15) is 32.6 Å². The Morgan fingerprint density at radius 1 is 1.10 bits per heavy atom. The van der Waals surface area contributed by atoms with Gasteiger partial charge in [-0.05, 0) is 55.2 Å². The van der Waals surface area contributed by atoms with Crippen molar-refractivity contribution >= 4 is 11.7 Å². The fourth-order valence-electron chi connectivity index (χ4n) is 2.14. The van der Waals surface area contributed by atoms with Crippen LogP contribution < -0.4 is 5.32 Å². The van der Waals surface area contributed by atoms with Gasteiger partial charge in [0, 0.05) is 12.2 Å². The number of hydrogen-bond acceptors (Lipinski definition) is 2. The zero-order chi connectivity index (χ0) is 14.7. The summed E-state index contributed by atoms with van der Waals surface area (Å²) in [5.41, 5.74) is 5.97. The molecule has 0 saturated heterocycles. The first-order chi connectivity index (χ1) is 9.49. The van der Waals surface area contributed by atoms with E-state index >= 15 is 0 Å². The molecule has 2 N–H and O–H groups in total. The third-order valence-corrected chi connectivity index (χ3v) is 3.67. The lowest BCUT2D eigenvalue weighted by Crippen LogP contribution is -2.05. The summed E-state index contributed by atoms with van der Waals surface area (Å²) >= 11 is 0. The van der Waals surface area contributed by atoms with E-state index in [4.69, 9.17) is 5.11 Å². The average Bonchev–Trinajstić information content (AvgIpc) is 2.41. The Kier molecular flexibility index (Phi) is 4.08. The molecule has 0 aromatic heterocycles. The highest BCUT2D eigenvalue weighted by Crippen LogP contribution is 2.19. The van der Waals surface area contributed by atoms with Gasteiger partial charge in [-0.2, -0.15) is 0 Å². The van der Waals surface area contributed by atoms with Crippen LogP contribution in [0.3, 0.4) is 0 Å². The van der Waals surface area contributed by atoms with Crippen molar-refractivity contribution in [2.75, 3.05) is 5.32 Å². The van der Waals surface area contributed by atoms with Crippen LogP contribution in [0.5, 0.6) is 0 Å². The number of rotatable bonds is 4. The molecule has 0 saturated carbocycles. The summed E-state index contributed by atoms with van der Waals surface area (Å²) in [5, 5.41) is 12.4. The van der Waals surface area contributed by atoms with Crippen molar-refractivity contribution in [3.05, 3.63) is 64.2 Å². The van der Waals surface area contributed by atoms with E-state index in [1.807, 2.05) is 19.1 Å². The van der Waals surface area contributed by atoms with Gasteiger partial charge < -0.3 is 10.4 Å². The number of carboxylic acids is 1. The Balaban J connectivity index is 2.20. The largest absolute Gasteiger partial charge is 0.478 e. The van der Waals surface area contributed by atoms with Gasteiger partial charge in [-0.15, -0.1) is 0 Å². The quantitative estimate of drug-likeness (QED) is 0.884. The fraction of sp³-hybridized carbons (Fsp3) is 0.235. The summed E-state index contributed by atoms with van der Waals surface area (Å²) in [6.07, 6.45) is 0. The number of benzene rings is 2. The van der Waals surface area contributed by atoms with E-state index in [1.54, 1.807) is 12.1 Å². The normalized spacial score (nSPS) is 10.3. The molecule has 0 heterocycles. The Morgan fingerprint density at radius 2 is 1.85 bits per heavy atom. The standard InChI is InChI=1S/C17H19NO2/c1-11-5-4-6-15(13(11)3)10-18-16-9-14(17(19)20)8-7-12(16)2/h4-9,18H,10H2,1-3H3,(H,19,20). The molecule has 20 heavy (non-hydrogen) atoms. The predicted molar refractivity (Wildman–Crippen MR) is 81.4 cm³/mol. The number of anilines is 1. The maximum absolute atomic E-state index is 11.0. The smallest absolute Gasteiger partial charge is 0.335 e. The Hall–Kier alpha value is -2.29. The lowest BCUT2D eigenvalue weighted by molar-refractivity contribution is 0.0697. The van der Waals surface area contributed by atoms with Gasteiger partial charge in [0.15, 0.2) is 0 Å². The number of hydrogen-bond donors (Lipinski definition) is 2. The van der Waals surface area contributed by atoms with Crippen molar-refractivity contribution in [1.29, 1.82) is 0 Å². The van der Waals surface area contributed by atoms with Crippen LogP contribution in [0.2, 0.25) is 0 Å². The van der Waals surface area contributed by atoms with Crippen molar-refractivity contribution in [3.8, 4) is 0 Å². The number of carbonyl (C=O) groups is 1. The third kappa shape index (κ3) is 2.99. The first kappa shape index (κ1) is 14.1. The van der Waals surface area contributed by atoms with Crippen LogP contribution in [0.15, 0.2) is 36.4 Å². The van der Waals surface area contributed by atoms with Crippen molar-refractivity contribution in [2.24, 2.45) is 0 Å². The highest BCUT2D eigenvalue weighted by Gasteiger charge is 2.07. The molecule has 3 heteroatoms. The Bertz CT molecular complexity index is 647. The molecule has 0 fully saturated rings. The minimum atomic E-state index is -0.903. The van der Waals surface area contributed by atoms with Gasteiger partial charge in [0.2, 0.25) is 0 Å². The molecule has 0 aliphatic rings. The molecule has 0 atom stereocenters. The molecular weight excluding hydrogens is 250 g/mol. The van der Waals surface area contributed by atoms with Gasteiger partial charge >= 0.3 is 5.97 Å². The third-order valence-electron chi connectivity index (χ3n) is 3.67. The van der Waals surface area contributed by atoms with E-state index in [2.05, 4.69) is 31.3 Å². The van der Waals surface area contributed by atoms with E-state index in [0.29, 0.717) is 12.1 Å². The van der Waals surface area contributed by atoms with E-state index in [1.165, 1.54) is 16.7 Å². The maximum atomic E-state index is 11.0. The van der Waals surface area contributed by atoms with Crippen molar-refractivity contribution in [3.63, 3.8) is 0 Å². The summed E-state index contributed by atoms with van der Waals surface area (Å²) in [4.78, 5) is 11.0. The molecule has 0 unspecified atom stereocenters. The first-order valence-electron chi connectivity index (χ1n) is 6.62. The molecule has 104 valence electrons. The van der Waals surface area contributed by atoms with Crippen LogP contribution in [0.25, 0.3) is 0 Å². The van der Waals surface area contributed by atoms with Crippen molar-refractivity contribution in [2.45, 2.75) is 27.3 Å². The SMILES string of the molecule is Cc1ccc(C(=O)O)cc1NCc1cccc(C)c1C. The summed E-state index contributed by atoms with van der Waals surface area (Å²) < 4.78 is 0. The monoisotopic (exact) mass is 269 g/mol. The minimum absolute atomic E-state index is 0.305. The Labute approximate surface area is 119 Å². The highest BCUT2D eigenvalue weighted by molar-refractivity contribution is 5.89. The second-order valence-corrected chi connectivity index (χ2v) is 5.05. The second kappa shape index (κ2) is 5.78. The fourth-order valence-corrected chi connectivity index (χ4v) is 2.14. The van der Waals surface area contributed by atoms with Gasteiger partial charge in [0.25, 0.3) is 0 Å². The van der Waals surface area contributed by atoms with E-state index in [-0.39, 0.29) is 0 Å². The number of aromatic carboxylic acids is 1. The lowest BCUT2D eigenvalue weighted by atomic mass is 10.0. The molecule has 2 rings (SSSR count). The van der Waals surface area contributed by atoms with Gasteiger partial charge in [-0.25, -0.2) is 4.79 Å². The van der Waals surface area contributed by atoms with Crippen molar-refractivity contribution in [1.82, 2.24) is 0 Å². The molecule has 0 spiro atoms. The minimum Gasteiger partial charge on any atom is -0.478 e. The van der Waals surface area contributed by atoms with Gasteiger partial charge in [-0.1, -0.05) is 24.3 Å². The van der Waals surface area contributed by atoms with Crippen molar-refractivity contribution < 1.29 is 9.90 Å². The number of aryl methyl sites for hydroxylation is 2. The predicted octanol–water partition coefficient (Wildman–Crippen LogP) is 3.92. The Morgan fingerprint density at radius 3 is 2.55 bits per heavy atom. The summed E-state index contributed by atoms with van der Waals surface area (Å²) in [6, 6.07) is 11.4. The zero-order valence-corrected chi connectivity index (χ0v) is 12.0. The molecule has 0 amide bonds. The molecule has 3 nitrogen and oxygen atoms in total. The van der Waals surface area contributed by atoms with Crippen LogP contribution in [0, 0.1) is 20.8 Å². The topological polar surface area (TPSA) is 49.3 Å². The van der Waals surface area contributed by atoms with E-state index < -0.39 is 5.97 Å². The molecular formula is C17H19NO2. The molecule has 2 aromatic rings. The van der Waals surface area contributed by atoms with E-state index in [9.17, 15) is 4.79 Å². The number of carboxylic acid groups (broad SMARTS) is 1. The zero-order valence-electron chi connectivity index (χ0n) is 12.0. The van der Waals surface area contributed by atoms with Crippen LogP contribution in [-0.2, 0) is 6.54 Å². The maximum Gasteiger partial charge on any atom is 0.335 e. The highest BCUT2D eigenvalue weighted by atomic mass is 16.4. The summed E-state index contributed by atoms with van der Waals surface area (Å²) in [6.45, 7) is 6.86. The lowest BCUT2D eigenvalue weighted by Gasteiger charge is -2.13. The number of nitrogens with one attached hydrogen (secondary N) is 1. The average molecular weight is 269 g/mol. The van der Waals surface area contributed by atoms with E-state index in [0.717, 1.165) is 11.3 Å². The molecule has 0 aliphatic heterocycles. The van der Waals surface area contributed by atoms with Crippen LogP contribution in [-0.4, -0.2) is 11.1 Å². The summed E-state index contributed by atoms with van der Waals surface area (Å²) in [7, 11) is 0. The molecule has 0 bridgehead atoms. The molecule has 0 aliphatic carbocycles. The molecule has 2 aromatic carbocycles. The summed E-state index contributed by atoms with van der Waals surface area (Å²) in [5.74, 6) is -0.903. The second-order valence-electron chi connectivity index (χ2n) is 5.05.